The fourth-order valence-corrected chi connectivity index (χ4v) is 4.76. The number of nitrogens with zero attached hydrogens (tertiary/aromatic N) is 4. The minimum Gasteiger partial charge on any atom is -0.273 e. The highest BCUT2D eigenvalue weighted by Gasteiger charge is 2.36. The number of imide groups is 2. The van der Waals surface area contributed by atoms with E-state index in [1.807, 2.05) is 0 Å². The number of nitro groups is 1. The molecule has 1 aromatic heterocycles. The van der Waals surface area contributed by atoms with Gasteiger partial charge < -0.3 is 0 Å². The molecule has 32 heavy (non-hydrogen) atoms. The SMILES string of the molecule is Cc1nnc(Sc2ccc(/C=C3\C(=O)NC(=O)N(c4ccccc4)C3=O)cc2[N+](=O)[O-])s1. The van der Waals surface area contributed by atoms with Gasteiger partial charge in [-0.1, -0.05) is 47.4 Å². The molecule has 2 heterocycles. The summed E-state index contributed by atoms with van der Waals surface area (Å²) in [6.07, 6.45) is 1.22. The van der Waals surface area contributed by atoms with E-state index in [2.05, 4.69) is 15.5 Å². The lowest BCUT2D eigenvalue weighted by atomic mass is 10.1. The summed E-state index contributed by atoms with van der Waals surface area (Å²) in [5.41, 5.74) is 0.0219. The number of nitro benzene ring substituents is 1. The summed E-state index contributed by atoms with van der Waals surface area (Å²) < 4.78 is 0.551. The lowest BCUT2D eigenvalue weighted by Gasteiger charge is -2.26. The van der Waals surface area contributed by atoms with E-state index >= 15 is 0 Å². The van der Waals surface area contributed by atoms with Crippen LogP contribution in [0.3, 0.4) is 0 Å². The molecule has 4 rings (SSSR count). The number of anilines is 1. The Labute approximate surface area is 189 Å². The number of aromatic nitrogens is 2. The molecule has 1 aliphatic heterocycles. The molecule has 1 fully saturated rings. The molecule has 0 aliphatic carbocycles. The first-order valence-corrected chi connectivity index (χ1v) is 10.7. The van der Waals surface area contributed by atoms with Crippen molar-refractivity contribution in [2.24, 2.45) is 0 Å². The van der Waals surface area contributed by atoms with E-state index in [1.54, 1.807) is 43.3 Å². The maximum atomic E-state index is 12.9. The molecule has 3 aromatic rings. The van der Waals surface area contributed by atoms with Crippen LogP contribution in [0, 0.1) is 17.0 Å². The van der Waals surface area contributed by atoms with Crippen LogP contribution in [0.15, 0.2) is 63.3 Å². The number of para-hydroxylation sites is 1. The molecule has 2 aromatic carbocycles. The fraction of sp³-hybridized carbons (Fsp3) is 0.0500. The van der Waals surface area contributed by atoms with Crippen LogP contribution in [-0.4, -0.2) is 33.0 Å². The van der Waals surface area contributed by atoms with E-state index in [1.165, 1.54) is 29.5 Å². The monoisotopic (exact) mass is 467 g/mol. The molecule has 0 radical (unpaired) electrons. The van der Waals surface area contributed by atoms with Gasteiger partial charge in [0, 0.05) is 6.07 Å². The van der Waals surface area contributed by atoms with Crippen LogP contribution in [0.2, 0.25) is 0 Å². The second-order valence-electron chi connectivity index (χ2n) is 6.47. The number of benzene rings is 2. The maximum Gasteiger partial charge on any atom is 0.335 e. The molecule has 0 atom stereocenters. The van der Waals surface area contributed by atoms with Gasteiger partial charge in [0.25, 0.3) is 17.5 Å². The van der Waals surface area contributed by atoms with Crippen molar-refractivity contribution in [3.05, 3.63) is 74.8 Å². The molecule has 0 saturated carbocycles. The number of hydrogen-bond donors (Lipinski definition) is 1. The minimum absolute atomic E-state index is 0.211. The van der Waals surface area contributed by atoms with E-state index < -0.39 is 22.8 Å². The average Bonchev–Trinajstić information content (AvgIpc) is 3.17. The topological polar surface area (TPSA) is 135 Å². The third-order valence-corrected chi connectivity index (χ3v) is 6.27. The second kappa shape index (κ2) is 8.69. The molecule has 1 N–H and O–H groups in total. The van der Waals surface area contributed by atoms with Crippen LogP contribution in [0.25, 0.3) is 6.08 Å². The molecule has 4 amide bonds. The summed E-state index contributed by atoms with van der Waals surface area (Å²) in [5.74, 6) is -1.70. The molecule has 0 unspecified atom stereocenters. The second-order valence-corrected chi connectivity index (χ2v) is 8.94. The first-order chi connectivity index (χ1) is 15.3. The molecule has 10 nitrogen and oxygen atoms in total. The van der Waals surface area contributed by atoms with Crippen molar-refractivity contribution < 1.29 is 19.3 Å². The van der Waals surface area contributed by atoms with Crippen LogP contribution < -0.4 is 10.2 Å². The van der Waals surface area contributed by atoms with Gasteiger partial charge in [-0.25, -0.2) is 9.69 Å². The summed E-state index contributed by atoms with van der Waals surface area (Å²) in [7, 11) is 0. The summed E-state index contributed by atoms with van der Waals surface area (Å²) in [5, 5.41) is 22.3. The van der Waals surface area contributed by atoms with Gasteiger partial charge in [-0.3, -0.25) is 25.0 Å². The first-order valence-electron chi connectivity index (χ1n) is 9.06. The van der Waals surface area contributed by atoms with Crippen molar-refractivity contribution in [2.75, 3.05) is 4.90 Å². The van der Waals surface area contributed by atoms with Gasteiger partial charge in [-0.05, 0) is 36.8 Å². The van der Waals surface area contributed by atoms with Crippen molar-refractivity contribution in [3.63, 3.8) is 0 Å². The summed E-state index contributed by atoms with van der Waals surface area (Å²) >= 11 is 2.41. The summed E-state index contributed by atoms with van der Waals surface area (Å²) in [6, 6.07) is 11.6. The van der Waals surface area contributed by atoms with Crippen molar-refractivity contribution in [1.82, 2.24) is 15.5 Å². The predicted octanol–water partition coefficient (Wildman–Crippen LogP) is 3.57. The van der Waals surface area contributed by atoms with Crippen LogP contribution in [-0.2, 0) is 9.59 Å². The Morgan fingerprint density at radius 3 is 2.53 bits per heavy atom. The third kappa shape index (κ3) is 4.26. The van der Waals surface area contributed by atoms with Gasteiger partial charge in [0.05, 0.1) is 15.5 Å². The zero-order valence-corrected chi connectivity index (χ0v) is 18.0. The number of carbonyl (C=O) groups excluding carboxylic acids is 3. The van der Waals surface area contributed by atoms with E-state index in [-0.39, 0.29) is 16.8 Å². The lowest BCUT2D eigenvalue weighted by molar-refractivity contribution is -0.387. The molecule has 1 saturated heterocycles. The van der Waals surface area contributed by atoms with Crippen LogP contribution in [0.5, 0.6) is 0 Å². The maximum absolute atomic E-state index is 12.9. The fourth-order valence-electron chi connectivity index (χ4n) is 2.90. The van der Waals surface area contributed by atoms with Crippen LogP contribution in [0.4, 0.5) is 16.2 Å². The molecule has 0 spiro atoms. The van der Waals surface area contributed by atoms with Gasteiger partial charge in [-0.2, -0.15) is 0 Å². The molecule has 12 heteroatoms. The quantitative estimate of drug-likeness (QED) is 0.260. The normalized spacial score (nSPS) is 15.2. The number of rotatable bonds is 5. The Kier molecular flexibility index (Phi) is 5.79. The highest BCUT2D eigenvalue weighted by Crippen LogP contribution is 2.37. The van der Waals surface area contributed by atoms with E-state index in [0.717, 1.165) is 21.7 Å². The van der Waals surface area contributed by atoms with Gasteiger partial charge in [-0.15, -0.1) is 10.2 Å². The van der Waals surface area contributed by atoms with Crippen molar-refractivity contribution >= 4 is 58.4 Å². The molecular formula is C20H13N5O5S2. The molecule has 160 valence electrons. The highest BCUT2D eigenvalue weighted by atomic mass is 32.2. The van der Waals surface area contributed by atoms with Gasteiger partial charge >= 0.3 is 6.03 Å². The Bertz CT molecular complexity index is 1290. The number of barbiturate groups is 1. The van der Waals surface area contributed by atoms with Gasteiger partial charge in [0.2, 0.25) is 0 Å². The van der Waals surface area contributed by atoms with Crippen molar-refractivity contribution in [3.8, 4) is 0 Å². The zero-order valence-electron chi connectivity index (χ0n) is 16.3. The van der Waals surface area contributed by atoms with Crippen LogP contribution >= 0.6 is 23.1 Å². The molecular weight excluding hydrogens is 454 g/mol. The van der Waals surface area contributed by atoms with E-state index in [4.69, 9.17) is 0 Å². The zero-order chi connectivity index (χ0) is 22.8. The predicted molar refractivity (Wildman–Crippen MR) is 117 cm³/mol. The third-order valence-electron chi connectivity index (χ3n) is 4.31. The Hall–Kier alpha value is -3.90. The number of nitrogens with one attached hydrogen (secondary N) is 1. The number of aryl methyl sites for hydroxylation is 1. The number of amides is 4. The number of urea groups is 1. The van der Waals surface area contributed by atoms with Gasteiger partial charge in [0.1, 0.15) is 10.6 Å². The average molecular weight is 467 g/mol. The number of hydrogen-bond acceptors (Lipinski definition) is 9. The minimum atomic E-state index is -0.877. The van der Waals surface area contributed by atoms with E-state index in [9.17, 15) is 24.5 Å². The standard InChI is InChI=1S/C20H13N5O5S2/c1-11-22-23-20(31-11)32-16-8-7-12(10-15(16)25(29)30)9-14-17(26)21-19(28)24(18(14)27)13-5-3-2-4-6-13/h2-10H,1H3,(H,21,26,28)/b14-9+. The number of carbonyl (C=O) groups is 3. The lowest BCUT2D eigenvalue weighted by Crippen LogP contribution is -2.54. The Morgan fingerprint density at radius 2 is 1.88 bits per heavy atom. The smallest absolute Gasteiger partial charge is 0.273 e. The molecule has 1 aliphatic rings. The van der Waals surface area contributed by atoms with E-state index in [0.29, 0.717) is 14.9 Å². The highest BCUT2D eigenvalue weighted by molar-refractivity contribution is 8.01. The summed E-state index contributed by atoms with van der Waals surface area (Å²) in [4.78, 5) is 49.7. The largest absolute Gasteiger partial charge is 0.335 e. The Balaban J connectivity index is 1.69. The molecule has 0 bridgehead atoms. The van der Waals surface area contributed by atoms with Crippen molar-refractivity contribution in [2.45, 2.75) is 16.2 Å². The van der Waals surface area contributed by atoms with Crippen LogP contribution in [0.1, 0.15) is 10.6 Å². The first kappa shape index (κ1) is 21.3. The Morgan fingerprint density at radius 1 is 1.12 bits per heavy atom. The van der Waals surface area contributed by atoms with Crippen molar-refractivity contribution in [1.29, 1.82) is 0 Å². The summed E-state index contributed by atoms with van der Waals surface area (Å²) in [6.45, 7) is 1.78. The van der Waals surface area contributed by atoms with Gasteiger partial charge in [0.15, 0.2) is 4.34 Å².